The number of rotatable bonds is 7. The van der Waals surface area contributed by atoms with Gasteiger partial charge in [0.05, 0.1) is 11.1 Å². The van der Waals surface area contributed by atoms with Crippen LogP contribution in [-0.4, -0.2) is 9.78 Å². The Kier molecular flexibility index (Phi) is 7.27. The summed E-state index contributed by atoms with van der Waals surface area (Å²) in [5, 5.41) is 14.4. The minimum atomic E-state index is -0.437. The Morgan fingerprint density at radius 2 is 1.78 bits per heavy atom. The first-order valence-electron chi connectivity index (χ1n) is 11.6. The van der Waals surface area contributed by atoms with Gasteiger partial charge < -0.3 is 0 Å². The maximum atomic E-state index is 15.2. The predicted molar refractivity (Wildman–Crippen MR) is 128 cm³/mol. The van der Waals surface area contributed by atoms with E-state index < -0.39 is 5.82 Å². The molecule has 0 unspecified atom stereocenters. The molecule has 4 rings (SSSR count). The molecule has 0 radical (unpaired) electrons. The van der Waals surface area contributed by atoms with Gasteiger partial charge in [-0.3, -0.25) is 4.68 Å². The number of hydrogen-bond acceptors (Lipinski definition) is 2. The predicted octanol–water partition coefficient (Wildman–Crippen LogP) is 7.68. The zero-order valence-electron chi connectivity index (χ0n) is 18.5. The monoisotopic (exact) mass is 449 g/mol. The molecule has 1 aromatic heterocycles. The number of aromatic nitrogens is 2. The molecule has 1 saturated carbocycles. The lowest BCUT2D eigenvalue weighted by Crippen LogP contribution is -2.20. The van der Waals surface area contributed by atoms with Gasteiger partial charge in [-0.2, -0.15) is 10.4 Å². The molecule has 0 saturated heterocycles. The van der Waals surface area contributed by atoms with Crippen LogP contribution < -0.4 is 0 Å². The number of halogens is 2. The van der Waals surface area contributed by atoms with Crippen LogP contribution in [0.5, 0.6) is 0 Å². The van der Waals surface area contributed by atoms with Crippen LogP contribution in [0.3, 0.4) is 0 Å². The van der Waals surface area contributed by atoms with Crippen molar-refractivity contribution in [2.45, 2.75) is 58.4 Å². The Morgan fingerprint density at radius 1 is 1.06 bits per heavy atom. The maximum absolute atomic E-state index is 15.2. The summed E-state index contributed by atoms with van der Waals surface area (Å²) in [5.41, 5.74) is 3.82. The van der Waals surface area contributed by atoms with Gasteiger partial charge in [-0.05, 0) is 30.7 Å². The summed E-state index contributed by atoms with van der Waals surface area (Å²) >= 11 is 6.15. The van der Waals surface area contributed by atoms with Crippen LogP contribution in [0.4, 0.5) is 4.39 Å². The molecule has 1 fully saturated rings. The zero-order valence-corrected chi connectivity index (χ0v) is 19.3. The summed E-state index contributed by atoms with van der Waals surface area (Å²) in [6.07, 6.45) is 7.04. The summed E-state index contributed by atoms with van der Waals surface area (Å²) in [7, 11) is 0. The molecule has 3 aromatic rings. The van der Waals surface area contributed by atoms with Gasteiger partial charge in [0, 0.05) is 41.8 Å². The summed E-state index contributed by atoms with van der Waals surface area (Å²) in [6, 6.07) is 17.2. The molecule has 0 N–H and O–H groups in total. The second-order valence-electron chi connectivity index (χ2n) is 8.77. The highest BCUT2D eigenvalue weighted by Gasteiger charge is 2.26. The number of nitrogens with zero attached hydrogens (tertiary/aromatic N) is 3. The number of benzene rings is 2. The minimum absolute atomic E-state index is 0.0957. The third kappa shape index (κ3) is 4.74. The Balaban J connectivity index is 1.82. The molecule has 0 aliphatic heterocycles. The Morgan fingerprint density at radius 3 is 2.47 bits per heavy atom. The number of hydrogen-bond donors (Lipinski definition) is 0. The second-order valence-corrected chi connectivity index (χ2v) is 9.18. The summed E-state index contributed by atoms with van der Waals surface area (Å²) < 4.78 is 17.2. The van der Waals surface area contributed by atoms with Crippen molar-refractivity contribution in [3.63, 3.8) is 0 Å². The van der Waals surface area contributed by atoms with Crippen LogP contribution in [0.1, 0.15) is 51.1 Å². The van der Waals surface area contributed by atoms with E-state index in [4.69, 9.17) is 16.7 Å². The average Bonchev–Trinajstić information content (AvgIpc) is 3.18. The van der Waals surface area contributed by atoms with Gasteiger partial charge in [-0.25, -0.2) is 4.39 Å². The van der Waals surface area contributed by atoms with E-state index in [-0.39, 0.29) is 5.02 Å². The highest BCUT2D eigenvalue weighted by Crippen LogP contribution is 2.39. The van der Waals surface area contributed by atoms with Crippen molar-refractivity contribution >= 4 is 11.6 Å². The van der Waals surface area contributed by atoms with Crippen molar-refractivity contribution < 1.29 is 4.39 Å². The van der Waals surface area contributed by atoms with E-state index in [9.17, 15) is 5.26 Å². The fourth-order valence-electron chi connectivity index (χ4n) is 4.92. The topological polar surface area (TPSA) is 41.6 Å². The van der Waals surface area contributed by atoms with Crippen molar-refractivity contribution in [2.75, 3.05) is 0 Å². The molecule has 32 heavy (non-hydrogen) atoms. The molecule has 0 bridgehead atoms. The molecule has 1 aliphatic carbocycles. The van der Waals surface area contributed by atoms with Crippen LogP contribution in [-0.2, 0) is 13.0 Å². The summed E-state index contributed by atoms with van der Waals surface area (Å²) in [4.78, 5) is 0. The molecule has 5 heteroatoms. The van der Waals surface area contributed by atoms with Crippen LogP contribution in [0.15, 0.2) is 48.5 Å². The molecule has 0 atom stereocenters. The quantitative estimate of drug-likeness (QED) is 0.371. The normalized spacial score (nSPS) is 18.4. The van der Waals surface area contributed by atoms with Crippen molar-refractivity contribution in [3.05, 3.63) is 65.1 Å². The maximum Gasteiger partial charge on any atom is 0.149 e. The smallest absolute Gasteiger partial charge is 0.149 e. The Labute approximate surface area is 194 Å². The van der Waals surface area contributed by atoms with Crippen LogP contribution in [0, 0.1) is 29.0 Å². The SMILES string of the molecule is CCC1CCC(Cn2nc(-c3ccccc3)c(-c3cccc(Cl)c3F)c2CCC#N)CC1. The molecule has 1 heterocycles. The standard InChI is InChI=1S/C27H29ClFN3/c1-2-19-13-15-20(16-14-19)18-32-24(12-7-17-30)25(22-10-6-11-23(28)26(22)29)27(31-32)21-8-4-3-5-9-21/h3-6,8-11,19-20H,2,7,12-16,18H2,1H3. The van der Waals surface area contributed by atoms with Gasteiger partial charge in [-0.15, -0.1) is 0 Å². The van der Waals surface area contributed by atoms with Crippen LogP contribution in [0.2, 0.25) is 5.02 Å². The number of nitriles is 1. The summed E-state index contributed by atoms with van der Waals surface area (Å²) in [6.45, 7) is 3.08. The first-order valence-corrected chi connectivity index (χ1v) is 12.0. The first-order chi connectivity index (χ1) is 15.6. The average molecular weight is 450 g/mol. The second kappa shape index (κ2) is 10.3. The fraction of sp³-hybridized carbons (Fsp3) is 0.407. The van der Waals surface area contributed by atoms with Gasteiger partial charge in [0.25, 0.3) is 0 Å². The Hall–Kier alpha value is -2.64. The van der Waals surface area contributed by atoms with Gasteiger partial charge >= 0.3 is 0 Å². The highest BCUT2D eigenvalue weighted by molar-refractivity contribution is 6.31. The molecule has 0 amide bonds. The largest absolute Gasteiger partial charge is 0.268 e. The van der Waals surface area contributed by atoms with Crippen molar-refractivity contribution in [1.29, 1.82) is 5.26 Å². The van der Waals surface area contributed by atoms with Crippen molar-refractivity contribution in [3.8, 4) is 28.5 Å². The van der Waals surface area contributed by atoms with E-state index in [1.807, 2.05) is 35.0 Å². The first kappa shape index (κ1) is 22.6. The van der Waals surface area contributed by atoms with E-state index in [0.717, 1.165) is 35.0 Å². The zero-order chi connectivity index (χ0) is 22.5. The lowest BCUT2D eigenvalue weighted by Gasteiger charge is -2.28. The van der Waals surface area contributed by atoms with E-state index >= 15 is 4.39 Å². The summed E-state index contributed by atoms with van der Waals surface area (Å²) in [5.74, 6) is 0.949. The molecular weight excluding hydrogens is 421 g/mol. The van der Waals surface area contributed by atoms with Crippen molar-refractivity contribution in [2.24, 2.45) is 11.8 Å². The third-order valence-electron chi connectivity index (χ3n) is 6.77. The highest BCUT2D eigenvalue weighted by atomic mass is 35.5. The van der Waals surface area contributed by atoms with Gasteiger partial charge in [0.2, 0.25) is 0 Å². The molecule has 2 aromatic carbocycles. The lowest BCUT2D eigenvalue weighted by atomic mass is 9.81. The van der Waals surface area contributed by atoms with Gasteiger partial charge in [-0.1, -0.05) is 80.3 Å². The Bertz CT molecular complexity index is 1090. The minimum Gasteiger partial charge on any atom is -0.268 e. The molecular formula is C27H29ClFN3. The van der Waals surface area contributed by atoms with Crippen LogP contribution >= 0.6 is 11.6 Å². The lowest BCUT2D eigenvalue weighted by molar-refractivity contribution is 0.240. The van der Waals surface area contributed by atoms with Crippen LogP contribution in [0.25, 0.3) is 22.4 Å². The molecule has 166 valence electrons. The van der Waals surface area contributed by atoms with E-state index in [1.54, 1.807) is 18.2 Å². The third-order valence-corrected chi connectivity index (χ3v) is 7.07. The van der Waals surface area contributed by atoms with E-state index in [2.05, 4.69) is 13.0 Å². The van der Waals surface area contributed by atoms with E-state index in [1.165, 1.54) is 32.1 Å². The molecule has 3 nitrogen and oxygen atoms in total. The van der Waals surface area contributed by atoms with E-state index in [0.29, 0.717) is 24.3 Å². The molecule has 0 spiro atoms. The van der Waals surface area contributed by atoms with Gasteiger partial charge in [0.15, 0.2) is 0 Å². The fourth-order valence-corrected chi connectivity index (χ4v) is 5.10. The van der Waals surface area contributed by atoms with Gasteiger partial charge in [0.1, 0.15) is 11.5 Å². The van der Waals surface area contributed by atoms with Crippen molar-refractivity contribution in [1.82, 2.24) is 9.78 Å². The molecule has 1 aliphatic rings.